The molecule has 6 heteroatoms. The molecule has 5 nitrogen and oxygen atoms in total. The van der Waals surface area contributed by atoms with E-state index in [0.29, 0.717) is 11.3 Å². The number of amides is 1. The van der Waals surface area contributed by atoms with Crippen LogP contribution >= 0.6 is 22.6 Å². The predicted molar refractivity (Wildman–Crippen MR) is 67.8 cm³/mol. The Labute approximate surface area is 106 Å². The zero-order valence-corrected chi connectivity index (χ0v) is 10.6. The highest BCUT2D eigenvalue weighted by molar-refractivity contribution is 14.1. The van der Waals surface area contributed by atoms with Gasteiger partial charge in [0.1, 0.15) is 0 Å². The van der Waals surface area contributed by atoms with Crippen molar-refractivity contribution in [2.24, 2.45) is 5.73 Å². The molecule has 3 N–H and O–H groups in total. The van der Waals surface area contributed by atoms with E-state index >= 15 is 0 Å². The van der Waals surface area contributed by atoms with E-state index in [0.717, 1.165) is 9.26 Å². The van der Waals surface area contributed by atoms with Crippen molar-refractivity contribution in [3.05, 3.63) is 33.3 Å². The standard InChI is InChI=1S/C10H9IN4O/c1-5-8(9(10(12)16)15-14-5)7-4-6(11)2-3-13-7/h2-4H,1H3,(H2,12,16)(H,14,15). The molecule has 0 fully saturated rings. The number of H-pyrrole nitrogens is 1. The molecule has 2 rings (SSSR count). The van der Waals surface area contributed by atoms with Crippen LogP contribution in [0, 0.1) is 10.5 Å². The van der Waals surface area contributed by atoms with Crippen molar-refractivity contribution in [2.45, 2.75) is 6.92 Å². The first kappa shape index (κ1) is 11.1. The lowest BCUT2D eigenvalue weighted by Crippen LogP contribution is -2.13. The number of aromatic amines is 1. The summed E-state index contributed by atoms with van der Waals surface area (Å²) in [6.45, 7) is 1.83. The van der Waals surface area contributed by atoms with Crippen LogP contribution in [0.15, 0.2) is 18.3 Å². The molecule has 0 unspecified atom stereocenters. The maximum Gasteiger partial charge on any atom is 0.269 e. The van der Waals surface area contributed by atoms with Crippen LogP contribution in [0.1, 0.15) is 16.2 Å². The quantitative estimate of drug-likeness (QED) is 0.819. The fourth-order valence-electron chi connectivity index (χ4n) is 1.46. The summed E-state index contributed by atoms with van der Waals surface area (Å²) < 4.78 is 1.04. The molecule has 0 radical (unpaired) electrons. The Bertz CT molecular complexity index is 550. The number of nitrogens with one attached hydrogen (secondary N) is 1. The second kappa shape index (κ2) is 4.20. The minimum Gasteiger partial charge on any atom is -0.364 e. The van der Waals surface area contributed by atoms with Crippen LogP contribution < -0.4 is 5.73 Å². The van der Waals surface area contributed by atoms with Crippen molar-refractivity contribution in [1.29, 1.82) is 0 Å². The van der Waals surface area contributed by atoms with Gasteiger partial charge in [-0.2, -0.15) is 5.10 Å². The number of nitrogens with zero attached hydrogens (tertiary/aromatic N) is 2. The van der Waals surface area contributed by atoms with E-state index in [1.165, 1.54) is 0 Å². The lowest BCUT2D eigenvalue weighted by Gasteiger charge is -2.01. The maximum atomic E-state index is 11.2. The number of halogens is 1. The van der Waals surface area contributed by atoms with Gasteiger partial charge in [0.05, 0.1) is 11.3 Å². The number of aromatic nitrogens is 3. The van der Waals surface area contributed by atoms with Crippen molar-refractivity contribution in [3.8, 4) is 11.3 Å². The van der Waals surface area contributed by atoms with Crippen LogP contribution in [0.5, 0.6) is 0 Å². The van der Waals surface area contributed by atoms with Crippen LogP contribution in [0.4, 0.5) is 0 Å². The molecule has 1 amide bonds. The molecule has 0 saturated carbocycles. The number of primary amides is 1. The third-order valence-electron chi connectivity index (χ3n) is 2.16. The summed E-state index contributed by atoms with van der Waals surface area (Å²) in [7, 11) is 0. The van der Waals surface area contributed by atoms with Crippen LogP contribution in [0.25, 0.3) is 11.3 Å². The number of pyridine rings is 1. The van der Waals surface area contributed by atoms with E-state index in [9.17, 15) is 4.79 Å². The number of hydrogen-bond donors (Lipinski definition) is 2. The molecule has 0 spiro atoms. The molecule has 0 aliphatic rings. The second-order valence-corrected chi connectivity index (χ2v) is 4.54. The average Bonchev–Trinajstić information content (AvgIpc) is 2.60. The van der Waals surface area contributed by atoms with Gasteiger partial charge in [-0.25, -0.2) is 0 Å². The summed E-state index contributed by atoms with van der Waals surface area (Å²) >= 11 is 2.18. The molecule has 0 aliphatic carbocycles. The maximum absolute atomic E-state index is 11.2. The SMILES string of the molecule is Cc1[nH]nc(C(N)=O)c1-c1cc(I)ccn1. The van der Waals surface area contributed by atoms with Gasteiger partial charge < -0.3 is 5.73 Å². The van der Waals surface area contributed by atoms with Gasteiger partial charge >= 0.3 is 0 Å². The lowest BCUT2D eigenvalue weighted by molar-refractivity contribution is 0.0996. The Hall–Kier alpha value is -1.44. The van der Waals surface area contributed by atoms with Gasteiger partial charge in [0.25, 0.3) is 5.91 Å². The highest BCUT2D eigenvalue weighted by Crippen LogP contribution is 2.24. The van der Waals surface area contributed by atoms with Gasteiger partial charge in [0.15, 0.2) is 5.69 Å². The minimum atomic E-state index is -0.556. The first-order valence-corrected chi connectivity index (χ1v) is 5.64. The van der Waals surface area contributed by atoms with Crippen molar-refractivity contribution in [1.82, 2.24) is 15.2 Å². The highest BCUT2D eigenvalue weighted by Gasteiger charge is 2.17. The Kier molecular flexibility index (Phi) is 2.90. The van der Waals surface area contributed by atoms with Gasteiger partial charge in [-0.15, -0.1) is 0 Å². The van der Waals surface area contributed by atoms with Gasteiger partial charge in [0, 0.05) is 15.5 Å². The number of nitrogens with two attached hydrogens (primary N) is 1. The van der Waals surface area contributed by atoms with Gasteiger partial charge in [0.2, 0.25) is 0 Å². The molecule has 82 valence electrons. The van der Waals surface area contributed by atoms with E-state index in [1.54, 1.807) is 6.20 Å². The summed E-state index contributed by atoms with van der Waals surface area (Å²) in [6, 6.07) is 3.76. The third kappa shape index (κ3) is 1.92. The number of aryl methyl sites for hydroxylation is 1. The topological polar surface area (TPSA) is 84.7 Å². The first-order chi connectivity index (χ1) is 7.59. The molecule has 2 aromatic heterocycles. The smallest absolute Gasteiger partial charge is 0.269 e. The highest BCUT2D eigenvalue weighted by atomic mass is 127. The van der Waals surface area contributed by atoms with Crippen LogP contribution in [-0.4, -0.2) is 21.1 Å². The second-order valence-electron chi connectivity index (χ2n) is 3.30. The molecule has 2 aromatic rings. The first-order valence-electron chi connectivity index (χ1n) is 4.56. The van der Waals surface area contributed by atoms with Crippen molar-refractivity contribution >= 4 is 28.5 Å². The van der Waals surface area contributed by atoms with Crippen LogP contribution in [-0.2, 0) is 0 Å². The van der Waals surface area contributed by atoms with E-state index in [4.69, 9.17) is 5.73 Å². The summed E-state index contributed by atoms with van der Waals surface area (Å²) in [6.07, 6.45) is 1.69. The summed E-state index contributed by atoms with van der Waals surface area (Å²) in [4.78, 5) is 15.4. The van der Waals surface area contributed by atoms with E-state index < -0.39 is 5.91 Å². The Morgan fingerprint density at radius 3 is 2.94 bits per heavy atom. The normalized spacial score (nSPS) is 10.4. The fourth-order valence-corrected chi connectivity index (χ4v) is 1.92. The summed E-state index contributed by atoms with van der Waals surface area (Å²) in [5, 5.41) is 6.62. The monoisotopic (exact) mass is 328 g/mol. The van der Waals surface area contributed by atoms with Crippen molar-refractivity contribution in [3.63, 3.8) is 0 Å². The van der Waals surface area contributed by atoms with Crippen molar-refractivity contribution in [2.75, 3.05) is 0 Å². The third-order valence-corrected chi connectivity index (χ3v) is 2.83. The minimum absolute atomic E-state index is 0.229. The lowest BCUT2D eigenvalue weighted by atomic mass is 10.1. The van der Waals surface area contributed by atoms with Gasteiger partial charge in [-0.3, -0.25) is 14.9 Å². The number of hydrogen-bond acceptors (Lipinski definition) is 3. The average molecular weight is 328 g/mol. The molecule has 0 aliphatic heterocycles. The Morgan fingerprint density at radius 2 is 2.31 bits per heavy atom. The van der Waals surface area contributed by atoms with Gasteiger partial charge in [-0.05, 0) is 41.6 Å². The molecule has 0 atom stereocenters. The van der Waals surface area contributed by atoms with Crippen molar-refractivity contribution < 1.29 is 4.79 Å². The van der Waals surface area contributed by atoms with Gasteiger partial charge in [-0.1, -0.05) is 0 Å². The summed E-state index contributed by atoms with van der Waals surface area (Å²) in [5.41, 5.74) is 7.63. The van der Waals surface area contributed by atoms with E-state index in [-0.39, 0.29) is 5.69 Å². The molecule has 0 bridgehead atoms. The Morgan fingerprint density at radius 1 is 1.56 bits per heavy atom. The molecule has 0 saturated heterocycles. The molecule has 2 heterocycles. The van der Waals surface area contributed by atoms with Crippen LogP contribution in [0.3, 0.4) is 0 Å². The Balaban J connectivity index is 2.63. The molecule has 0 aromatic carbocycles. The van der Waals surface area contributed by atoms with Crippen LogP contribution in [0.2, 0.25) is 0 Å². The number of rotatable bonds is 2. The summed E-state index contributed by atoms with van der Waals surface area (Å²) in [5.74, 6) is -0.556. The molecule has 16 heavy (non-hydrogen) atoms. The number of carbonyl (C=O) groups excluding carboxylic acids is 1. The number of carbonyl (C=O) groups is 1. The zero-order valence-electron chi connectivity index (χ0n) is 8.49. The zero-order chi connectivity index (χ0) is 11.7. The van der Waals surface area contributed by atoms with E-state index in [1.807, 2.05) is 19.1 Å². The fraction of sp³-hybridized carbons (Fsp3) is 0.100. The van der Waals surface area contributed by atoms with E-state index in [2.05, 4.69) is 37.8 Å². The largest absolute Gasteiger partial charge is 0.364 e. The molecular formula is C10H9IN4O. The predicted octanol–water partition coefficient (Wildman–Crippen LogP) is 1.48. The molecular weight excluding hydrogens is 319 g/mol.